The number of allylic oxidation sites excluding steroid dienone is 1. The number of urea groups is 1. The van der Waals surface area contributed by atoms with Crippen LogP contribution in [0.4, 0.5) is 4.79 Å². The second-order valence-electron chi connectivity index (χ2n) is 8.31. The number of benzene rings is 2. The molecule has 0 spiro atoms. The van der Waals surface area contributed by atoms with E-state index in [1.54, 1.807) is 49.5 Å². The summed E-state index contributed by atoms with van der Waals surface area (Å²) in [6.45, 7) is 4.48. The Morgan fingerprint density at radius 1 is 1.06 bits per heavy atom. The maximum Gasteiger partial charge on any atom is 0.322 e. The Labute approximate surface area is 209 Å². The third-order valence-corrected chi connectivity index (χ3v) is 6.17. The van der Waals surface area contributed by atoms with Gasteiger partial charge in [0.25, 0.3) is 5.89 Å². The minimum Gasteiger partial charge on any atom is -0.504 e. The van der Waals surface area contributed by atoms with Crippen LogP contribution in [0.1, 0.15) is 44.2 Å². The predicted octanol–water partition coefficient (Wildman–Crippen LogP) is 4.77. The summed E-state index contributed by atoms with van der Waals surface area (Å²) < 4.78 is 21.6. The maximum atomic E-state index is 13.0. The Morgan fingerprint density at radius 2 is 1.78 bits per heavy atom. The van der Waals surface area contributed by atoms with Crippen LogP contribution in [0.3, 0.4) is 0 Å². The fourth-order valence-corrected chi connectivity index (χ4v) is 4.21. The van der Waals surface area contributed by atoms with Crippen molar-refractivity contribution in [1.82, 2.24) is 20.4 Å². The molecular formula is C26H30N4O6. The quantitative estimate of drug-likeness (QED) is 0.437. The number of phenolic OH excluding ortho intramolecular Hbond substituents is 1. The Kier molecular flexibility index (Phi) is 7.33. The van der Waals surface area contributed by atoms with Crippen LogP contribution in [-0.4, -0.2) is 54.1 Å². The van der Waals surface area contributed by atoms with E-state index in [0.29, 0.717) is 52.0 Å². The zero-order valence-corrected chi connectivity index (χ0v) is 21.0. The molecule has 3 aromatic rings. The zero-order valence-electron chi connectivity index (χ0n) is 21.0. The standard InChI is InChI=1S/C26H30N4O6/c1-6-7-12-30-15(2)22(23(27-26(30)32)16-8-10-19(33-3)18(31)13-16)25-28-24(29-36-25)17-9-11-20(34-4)21(14-17)35-5/h8-11,13-14,23,31H,6-7,12H2,1-5H3,(H,27,32). The van der Waals surface area contributed by atoms with Gasteiger partial charge in [0.1, 0.15) is 0 Å². The Hall–Kier alpha value is -4.21. The molecule has 1 unspecified atom stereocenters. The molecule has 10 heteroatoms. The molecule has 36 heavy (non-hydrogen) atoms. The smallest absolute Gasteiger partial charge is 0.322 e. The Morgan fingerprint density at radius 3 is 2.44 bits per heavy atom. The molecule has 0 aliphatic carbocycles. The first-order chi connectivity index (χ1) is 17.4. The first kappa shape index (κ1) is 24.9. The normalized spacial score (nSPS) is 15.6. The average molecular weight is 495 g/mol. The van der Waals surface area contributed by atoms with E-state index in [4.69, 9.17) is 18.7 Å². The van der Waals surface area contributed by atoms with Gasteiger partial charge < -0.3 is 29.2 Å². The topological polar surface area (TPSA) is 119 Å². The number of hydrogen-bond donors (Lipinski definition) is 2. The van der Waals surface area contributed by atoms with E-state index in [1.807, 2.05) is 13.0 Å². The van der Waals surface area contributed by atoms with Crippen LogP contribution in [0, 0.1) is 0 Å². The highest BCUT2D eigenvalue weighted by atomic mass is 16.5. The zero-order chi connectivity index (χ0) is 25.8. The number of aromatic nitrogens is 2. The number of ether oxygens (including phenoxy) is 3. The van der Waals surface area contributed by atoms with E-state index in [1.165, 1.54) is 7.11 Å². The first-order valence-corrected chi connectivity index (χ1v) is 11.6. The highest BCUT2D eigenvalue weighted by molar-refractivity contribution is 5.87. The highest BCUT2D eigenvalue weighted by Gasteiger charge is 2.36. The molecule has 0 bridgehead atoms. The van der Waals surface area contributed by atoms with Gasteiger partial charge in [-0.05, 0) is 49.2 Å². The van der Waals surface area contributed by atoms with Gasteiger partial charge in [-0.1, -0.05) is 24.6 Å². The number of nitrogens with one attached hydrogen (secondary N) is 1. The minimum absolute atomic E-state index is 0.0359. The van der Waals surface area contributed by atoms with Gasteiger partial charge in [-0.15, -0.1) is 0 Å². The van der Waals surface area contributed by atoms with Gasteiger partial charge >= 0.3 is 6.03 Å². The van der Waals surface area contributed by atoms with Crippen LogP contribution in [0.5, 0.6) is 23.0 Å². The maximum absolute atomic E-state index is 13.0. The van der Waals surface area contributed by atoms with E-state index in [-0.39, 0.29) is 17.7 Å². The lowest BCUT2D eigenvalue weighted by atomic mass is 9.94. The Balaban J connectivity index is 1.80. The van der Waals surface area contributed by atoms with E-state index in [9.17, 15) is 9.90 Å². The third kappa shape index (κ3) is 4.66. The fraction of sp³-hybridized carbons (Fsp3) is 0.346. The number of aromatic hydroxyl groups is 1. The number of carbonyl (C=O) groups is 1. The molecule has 4 rings (SSSR count). The summed E-state index contributed by atoms with van der Waals surface area (Å²) in [5, 5.41) is 17.6. The summed E-state index contributed by atoms with van der Waals surface area (Å²) in [5.74, 6) is 2.05. The van der Waals surface area contributed by atoms with E-state index in [2.05, 4.69) is 22.4 Å². The van der Waals surface area contributed by atoms with Crippen LogP contribution in [0.25, 0.3) is 17.0 Å². The van der Waals surface area contributed by atoms with Gasteiger partial charge in [-0.25, -0.2) is 4.79 Å². The number of hydrogen-bond acceptors (Lipinski definition) is 8. The number of amides is 2. The molecule has 2 aromatic carbocycles. The second-order valence-corrected chi connectivity index (χ2v) is 8.31. The summed E-state index contributed by atoms with van der Waals surface area (Å²) >= 11 is 0. The van der Waals surface area contributed by atoms with Gasteiger partial charge in [0.2, 0.25) is 5.82 Å². The van der Waals surface area contributed by atoms with Gasteiger partial charge in [0.15, 0.2) is 23.0 Å². The number of rotatable bonds is 9. The number of carbonyl (C=O) groups excluding carboxylic acids is 1. The molecule has 2 heterocycles. The van der Waals surface area contributed by atoms with Crippen molar-refractivity contribution in [3.8, 4) is 34.4 Å². The molecule has 190 valence electrons. The van der Waals surface area contributed by atoms with Crippen molar-refractivity contribution in [1.29, 1.82) is 0 Å². The summed E-state index contributed by atoms with van der Waals surface area (Å²) in [6, 6.07) is 9.49. The molecule has 0 saturated carbocycles. The van der Waals surface area contributed by atoms with Crippen molar-refractivity contribution in [3.63, 3.8) is 0 Å². The van der Waals surface area contributed by atoms with Crippen molar-refractivity contribution < 1.29 is 28.6 Å². The summed E-state index contributed by atoms with van der Waals surface area (Å²) in [4.78, 5) is 19.4. The lowest BCUT2D eigenvalue weighted by molar-refractivity contribution is 0.204. The Bertz CT molecular complexity index is 1290. The SMILES string of the molecule is CCCCN1C(=O)NC(c2ccc(OC)c(O)c2)C(c2nc(-c3ccc(OC)c(OC)c3)no2)=C1C. The summed E-state index contributed by atoms with van der Waals surface area (Å²) in [7, 11) is 4.60. The second kappa shape index (κ2) is 10.6. The van der Waals surface area contributed by atoms with E-state index < -0.39 is 6.04 Å². The molecule has 1 aliphatic heterocycles. The molecule has 1 aromatic heterocycles. The first-order valence-electron chi connectivity index (χ1n) is 11.6. The lowest BCUT2D eigenvalue weighted by Crippen LogP contribution is -2.46. The molecule has 2 amide bonds. The van der Waals surface area contributed by atoms with Gasteiger partial charge in [0.05, 0.1) is 32.9 Å². The van der Waals surface area contributed by atoms with Crippen molar-refractivity contribution in [3.05, 3.63) is 53.5 Å². The van der Waals surface area contributed by atoms with Gasteiger partial charge in [-0.2, -0.15) is 4.98 Å². The molecule has 0 fully saturated rings. The molecule has 0 radical (unpaired) electrons. The van der Waals surface area contributed by atoms with E-state index >= 15 is 0 Å². The van der Waals surface area contributed by atoms with Crippen LogP contribution >= 0.6 is 0 Å². The highest BCUT2D eigenvalue weighted by Crippen LogP contribution is 2.40. The van der Waals surface area contributed by atoms with Crippen LogP contribution in [0.2, 0.25) is 0 Å². The van der Waals surface area contributed by atoms with Crippen molar-refractivity contribution >= 4 is 11.6 Å². The van der Waals surface area contributed by atoms with Crippen molar-refractivity contribution in [2.24, 2.45) is 0 Å². The van der Waals surface area contributed by atoms with Crippen molar-refractivity contribution in [2.45, 2.75) is 32.7 Å². The summed E-state index contributed by atoms with van der Waals surface area (Å²) in [6.07, 6.45) is 1.78. The lowest BCUT2D eigenvalue weighted by Gasteiger charge is -2.35. The van der Waals surface area contributed by atoms with E-state index in [0.717, 1.165) is 12.8 Å². The minimum atomic E-state index is -0.620. The fourth-order valence-electron chi connectivity index (χ4n) is 4.21. The molecule has 10 nitrogen and oxygen atoms in total. The third-order valence-electron chi connectivity index (χ3n) is 6.17. The molecule has 1 aliphatic rings. The predicted molar refractivity (Wildman–Crippen MR) is 133 cm³/mol. The number of methoxy groups -OCH3 is 3. The summed E-state index contributed by atoms with van der Waals surface area (Å²) in [5.41, 5.74) is 2.68. The number of nitrogens with zero attached hydrogens (tertiary/aromatic N) is 3. The van der Waals surface area contributed by atoms with Crippen LogP contribution < -0.4 is 19.5 Å². The molecule has 2 N–H and O–H groups in total. The average Bonchev–Trinajstić information content (AvgIpc) is 3.37. The van der Waals surface area contributed by atoms with Crippen molar-refractivity contribution in [2.75, 3.05) is 27.9 Å². The number of phenols is 1. The number of unbranched alkanes of at least 4 members (excludes halogenated alkanes) is 1. The molecule has 0 saturated heterocycles. The molecular weight excluding hydrogens is 464 g/mol. The largest absolute Gasteiger partial charge is 0.504 e. The monoisotopic (exact) mass is 494 g/mol. The van der Waals surface area contributed by atoms with Gasteiger partial charge in [-0.3, -0.25) is 4.90 Å². The van der Waals surface area contributed by atoms with Crippen LogP contribution in [-0.2, 0) is 0 Å². The molecule has 1 atom stereocenters. The van der Waals surface area contributed by atoms with Gasteiger partial charge in [0, 0.05) is 17.8 Å². The van der Waals surface area contributed by atoms with Crippen LogP contribution in [0.15, 0.2) is 46.6 Å².